The molecule has 0 aliphatic heterocycles. The second-order valence-electron chi connectivity index (χ2n) is 6.00. The fourth-order valence-corrected chi connectivity index (χ4v) is 4.17. The Bertz CT molecular complexity index is 729. The highest BCUT2D eigenvalue weighted by atomic mass is 32.1. The van der Waals surface area contributed by atoms with Crippen molar-refractivity contribution >= 4 is 27.4 Å². The summed E-state index contributed by atoms with van der Waals surface area (Å²) in [4.78, 5) is 11.9. The number of carboxylic acids is 1. The number of carboxylic acid groups (broad SMARTS) is 1. The molecule has 1 saturated carbocycles. The number of hydrogen-bond acceptors (Lipinski definition) is 5. The summed E-state index contributed by atoms with van der Waals surface area (Å²) >= 11 is 1.21. The quantitative estimate of drug-likeness (QED) is 0.791. The van der Waals surface area contributed by atoms with Gasteiger partial charge in [0.1, 0.15) is 0 Å². The van der Waals surface area contributed by atoms with Crippen molar-refractivity contribution in [1.29, 1.82) is 0 Å². The molecule has 3 rings (SSSR count). The van der Waals surface area contributed by atoms with E-state index < -0.39 is 5.97 Å². The maximum Gasteiger partial charge on any atom is 0.349 e. The Morgan fingerprint density at radius 2 is 1.71 bits per heavy atom. The number of carbonyl (C=O) groups is 1. The van der Waals surface area contributed by atoms with Crippen LogP contribution in [0.25, 0.3) is 10.1 Å². The van der Waals surface area contributed by atoms with Gasteiger partial charge in [0.25, 0.3) is 0 Å². The summed E-state index contributed by atoms with van der Waals surface area (Å²) in [6.07, 6.45) is 6.74. The van der Waals surface area contributed by atoms with Crippen LogP contribution in [0.1, 0.15) is 48.2 Å². The molecule has 1 fully saturated rings. The summed E-state index contributed by atoms with van der Waals surface area (Å²) in [5.74, 6) is 0.669. The molecule has 5 nitrogen and oxygen atoms in total. The van der Waals surface area contributed by atoms with Crippen molar-refractivity contribution in [2.45, 2.75) is 44.6 Å². The third kappa shape index (κ3) is 3.29. The summed E-state index contributed by atoms with van der Waals surface area (Å²) < 4.78 is 17.7. The number of aromatic carboxylic acids is 1. The molecule has 130 valence electrons. The third-order valence-electron chi connectivity index (χ3n) is 4.43. The zero-order chi connectivity index (χ0) is 17.1. The van der Waals surface area contributed by atoms with Crippen molar-refractivity contribution in [3.63, 3.8) is 0 Å². The van der Waals surface area contributed by atoms with E-state index in [2.05, 4.69) is 0 Å². The molecule has 24 heavy (non-hydrogen) atoms. The molecule has 0 atom stereocenters. The minimum atomic E-state index is -0.960. The minimum Gasteiger partial charge on any atom is -0.493 e. The smallest absolute Gasteiger partial charge is 0.349 e. The van der Waals surface area contributed by atoms with Crippen LogP contribution < -0.4 is 14.2 Å². The zero-order valence-electron chi connectivity index (χ0n) is 14.0. The summed E-state index contributed by atoms with van der Waals surface area (Å²) in [5.41, 5.74) is 0. The lowest BCUT2D eigenvalue weighted by Crippen LogP contribution is -2.16. The topological polar surface area (TPSA) is 65.0 Å². The van der Waals surface area contributed by atoms with Crippen LogP contribution in [0.5, 0.6) is 17.2 Å². The predicted molar refractivity (Wildman–Crippen MR) is 94.0 cm³/mol. The van der Waals surface area contributed by atoms with Crippen LogP contribution in [0.4, 0.5) is 0 Å². The number of rotatable bonds is 5. The number of hydrogen-bond donors (Lipinski definition) is 1. The molecule has 0 spiro atoms. The second-order valence-corrected chi connectivity index (χ2v) is 7.05. The Hall–Kier alpha value is -1.95. The first-order valence-electron chi connectivity index (χ1n) is 8.22. The lowest BCUT2D eigenvalue weighted by atomic mass is 10.1. The third-order valence-corrected chi connectivity index (χ3v) is 5.55. The van der Waals surface area contributed by atoms with Gasteiger partial charge in [-0.05, 0) is 31.7 Å². The molecule has 1 aliphatic carbocycles. The van der Waals surface area contributed by atoms with Crippen LogP contribution >= 0.6 is 11.3 Å². The first-order chi connectivity index (χ1) is 11.6. The first-order valence-corrected chi connectivity index (χ1v) is 9.04. The van der Waals surface area contributed by atoms with Gasteiger partial charge in [0, 0.05) is 16.2 Å². The lowest BCUT2D eigenvalue weighted by Gasteiger charge is -2.17. The van der Waals surface area contributed by atoms with Gasteiger partial charge < -0.3 is 19.3 Å². The predicted octanol–water partition coefficient (Wildman–Crippen LogP) is 4.72. The van der Waals surface area contributed by atoms with E-state index in [9.17, 15) is 9.90 Å². The molecule has 1 aromatic carbocycles. The van der Waals surface area contributed by atoms with E-state index in [0.717, 1.165) is 35.8 Å². The molecule has 1 aliphatic rings. The molecule has 0 unspecified atom stereocenters. The van der Waals surface area contributed by atoms with Crippen molar-refractivity contribution in [1.82, 2.24) is 0 Å². The molecule has 1 aromatic heterocycles. The minimum absolute atomic E-state index is 0.0801. The fourth-order valence-electron chi connectivity index (χ4n) is 3.19. The highest BCUT2D eigenvalue weighted by Crippen LogP contribution is 2.44. The normalized spacial score (nSPS) is 15.9. The highest BCUT2D eigenvalue weighted by Gasteiger charge is 2.24. The van der Waals surface area contributed by atoms with Crippen LogP contribution in [0.15, 0.2) is 12.1 Å². The number of fused-ring (bicyclic) bond motifs is 1. The Morgan fingerprint density at radius 1 is 1.08 bits per heavy atom. The van der Waals surface area contributed by atoms with Gasteiger partial charge in [-0.2, -0.15) is 0 Å². The Labute approximate surface area is 145 Å². The molecule has 6 heteroatoms. The zero-order valence-corrected chi connectivity index (χ0v) is 14.8. The number of thiophene rings is 1. The van der Waals surface area contributed by atoms with Gasteiger partial charge in [0.05, 0.1) is 20.3 Å². The van der Waals surface area contributed by atoms with Gasteiger partial charge in [-0.25, -0.2) is 4.79 Å². The Kier molecular flexibility index (Phi) is 5.14. The van der Waals surface area contributed by atoms with Crippen LogP contribution in [-0.2, 0) is 0 Å². The molecule has 2 aromatic rings. The van der Waals surface area contributed by atoms with Crippen LogP contribution in [0, 0.1) is 0 Å². The summed E-state index contributed by atoms with van der Waals surface area (Å²) in [5, 5.41) is 10.3. The van der Waals surface area contributed by atoms with E-state index in [0.29, 0.717) is 17.2 Å². The first kappa shape index (κ1) is 16.9. The number of ether oxygens (including phenoxy) is 3. The van der Waals surface area contributed by atoms with Crippen molar-refractivity contribution < 1.29 is 24.1 Å². The molecule has 0 saturated heterocycles. The van der Waals surface area contributed by atoms with E-state index in [1.807, 2.05) is 12.1 Å². The molecular weight excluding hydrogens is 328 g/mol. The molecule has 0 bridgehead atoms. The summed E-state index contributed by atoms with van der Waals surface area (Å²) in [6, 6.07) is 3.62. The van der Waals surface area contributed by atoms with E-state index in [1.165, 1.54) is 24.2 Å². The van der Waals surface area contributed by atoms with Gasteiger partial charge >= 0.3 is 5.97 Å². The van der Waals surface area contributed by atoms with Gasteiger partial charge in [-0.1, -0.05) is 12.8 Å². The standard InChI is InChI=1S/C18H22O5S/c1-21-13-9-12-15(10-14(13)22-2)24-17(18(19)20)16(12)23-11-7-5-3-4-6-8-11/h9-11H,3-8H2,1-2H3,(H,19,20). The molecular formula is C18H22O5S. The number of benzene rings is 1. The van der Waals surface area contributed by atoms with Crippen molar-refractivity contribution in [2.75, 3.05) is 14.2 Å². The maximum atomic E-state index is 11.7. The SMILES string of the molecule is COc1cc2sc(C(=O)O)c(OC3CCCCCC3)c2cc1OC. The van der Waals surface area contributed by atoms with Crippen molar-refractivity contribution in [3.8, 4) is 17.2 Å². The molecule has 1 N–H and O–H groups in total. The second kappa shape index (κ2) is 7.30. The lowest BCUT2D eigenvalue weighted by molar-refractivity contribution is 0.0694. The van der Waals surface area contributed by atoms with E-state index >= 15 is 0 Å². The summed E-state index contributed by atoms with van der Waals surface area (Å²) in [7, 11) is 3.14. The molecule has 0 radical (unpaired) electrons. The van der Waals surface area contributed by atoms with Crippen molar-refractivity contribution in [3.05, 3.63) is 17.0 Å². The van der Waals surface area contributed by atoms with E-state index in [1.54, 1.807) is 14.2 Å². The van der Waals surface area contributed by atoms with Crippen LogP contribution in [0.2, 0.25) is 0 Å². The Morgan fingerprint density at radius 3 is 2.29 bits per heavy atom. The average Bonchev–Trinajstić information content (AvgIpc) is 2.74. The van der Waals surface area contributed by atoms with Crippen LogP contribution in [0.3, 0.4) is 0 Å². The fraction of sp³-hybridized carbons (Fsp3) is 0.500. The maximum absolute atomic E-state index is 11.7. The monoisotopic (exact) mass is 350 g/mol. The Balaban J connectivity index is 2.05. The highest BCUT2D eigenvalue weighted by molar-refractivity contribution is 7.21. The average molecular weight is 350 g/mol. The summed E-state index contributed by atoms with van der Waals surface area (Å²) in [6.45, 7) is 0. The van der Waals surface area contributed by atoms with Crippen LogP contribution in [-0.4, -0.2) is 31.4 Å². The van der Waals surface area contributed by atoms with Gasteiger partial charge in [-0.15, -0.1) is 11.3 Å². The van der Waals surface area contributed by atoms with Crippen molar-refractivity contribution in [2.24, 2.45) is 0 Å². The van der Waals surface area contributed by atoms with Gasteiger partial charge in [0.15, 0.2) is 22.1 Å². The number of methoxy groups -OCH3 is 2. The van der Waals surface area contributed by atoms with E-state index in [4.69, 9.17) is 14.2 Å². The largest absolute Gasteiger partial charge is 0.493 e. The van der Waals surface area contributed by atoms with Gasteiger partial charge in [0.2, 0.25) is 0 Å². The van der Waals surface area contributed by atoms with E-state index in [-0.39, 0.29) is 11.0 Å². The molecule has 0 amide bonds. The molecule has 1 heterocycles. The van der Waals surface area contributed by atoms with Gasteiger partial charge in [-0.3, -0.25) is 0 Å².